The van der Waals surface area contributed by atoms with E-state index >= 15 is 0 Å². The third-order valence-corrected chi connectivity index (χ3v) is 4.78. The second-order valence-corrected chi connectivity index (χ2v) is 7.88. The van der Waals surface area contributed by atoms with Crippen LogP contribution >= 0.6 is 0 Å². The minimum Gasteiger partial charge on any atom is -0.726 e. The number of anilines is 2. The summed E-state index contributed by atoms with van der Waals surface area (Å²) >= 11 is 0. The lowest BCUT2D eigenvalue weighted by Gasteiger charge is -2.06. The van der Waals surface area contributed by atoms with Crippen molar-refractivity contribution in [2.24, 2.45) is 0 Å². The van der Waals surface area contributed by atoms with E-state index in [0.29, 0.717) is 17.9 Å². The molecule has 0 fully saturated rings. The number of nitrogens with one attached hydrogen (secondary N) is 1. The first-order chi connectivity index (χ1) is 14.9. The van der Waals surface area contributed by atoms with Crippen molar-refractivity contribution in [1.82, 2.24) is 0 Å². The van der Waals surface area contributed by atoms with Crippen molar-refractivity contribution < 1.29 is 21.9 Å². The summed E-state index contributed by atoms with van der Waals surface area (Å²) in [5.74, 6) is 0.522. The molecule has 1 N–H and O–H groups in total. The lowest BCUT2D eigenvalue weighted by atomic mass is 10.1. The summed E-state index contributed by atoms with van der Waals surface area (Å²) in [6, 6.07) is 15.1. The smallest absolute Gasteiger partial charge is 0.426 e. The van der Waals surface area contributed by atoms with Gasteiger partial charge in [0.15, 0.2) is 4.98 Å². The highest BCUT2D eigenvalue weighted by Gasteiger charge is 2.14. The van der Waals surface area contributed by atoms with Crippen molar-refractivity contribution in [3.8, 4) is 5.75 Å². The Bertz CT molecular complexity index is 899. The van der Waals surface area contributed by atoms with Crippen molar-refractivity contribution in [1.29, 1.82) is 5.39 Å². The molecular weight excluding hydrogens is 418 g/mol. The maximum Gasteiger partial charge on any atom is 0.426 e. The quantitative estimate of drug-likeness (QED) is 0.179. The first-order valence-electron chi connectivity index (χ1n) is 10.3. The largest absolute Gasteiger partial charge is 0.726 e. The molecule has 0 aliphatic rings. The zero-order valence-electron chi connectivity index (χ0n) is 18.1. The summed E-state index contributed by atoms with van der Waals surface area (Å²) < 4.78 is 39.3. The molecule has 170 valence electrons. The summed E-state index contributed by atoms with van der Waals surface area (Å²) in [5, 5.41) is 12.0. The molecule has 2 aromatic carbocycles. The van der Waals surface area contributed by atoms with Gasteiger partial charge in [0, 0.05) is 23.5 Å². The fraction of sp³-hybridized carbons (Fsp3) is 0.455. The second kappa shape index (κ2) is 15.2. The van der Waals surface area contributed by atoms with E-state index in [0.717, 1.165) is 24.2 Å². The first kappa shape index (κ1) is 26.4. The zero-order chi connectivity index (χ0) is 23.0. The maximum absolute atomic E-state index is 10.0. The van der Waals surface area contributed by atoms with Crippen LogP contribution in [0.15, 0.2) is 48.5 Å². The molecule has 0 unspecified atom stereocenters. The molecule has 9 heteroatoms. The Morgan fingerprint density at radius 2 is 1.61 bits per heavy atom. The van der Waals surface area contributed by atoms with Gasteiger partial charge in [0.05, 0.1) is 13.7 Å². The average molecular weight is 450 g/mol. The van der Waals surface area contributed by atoms with E-state index in [1.807, 2.05) is 36.4 Å². The Hall–Kier alpha value is -2.67. The van der Waals surface area contributed by atoms with E-state index in [2.05, 4.69) is 21.4 Å². The third-order valence-electron chi connectivity index (χ3n) is 4.33. The van der Waals surface area contributed by atoms with Gasteiger partial charge in [-0.15, -0.1) is 0 Å². The summed E-state index contributed by atoms with van der Waals surface area (Å²) in [6.07, 6.45) is 7.55. The normalized spacial score (nSPS) is 10.5. The number of unbranched alkanes of at least 4 members (excludes halogenated alkanes) is 6. The van der Waals surface area contributed by atoms with Gasteiger partial charge in [-0.1, -0.05) is 63.6 Å². The number of methoxy groups -OCH3 is 1. The Balaban J connectivity index is 0.000000318. The fourth-order valence-electron chi connectivity index (χ4n) is 2.75. The highest BCUT2D eigenvalue weighted by atomic mass is 32.3. The number of rotatable bonds is 12. The lowest BCUT2D eigenvalue weighted by Crippen LogP contribution is -2.05. The van der Waals surface area contributed by atoms with E-state index < -0.39 is 10.4 Å². The number of nitrogens with zero attached hydrogens (tertiary/aromatic N) is 2. The van der Waals surface area contributed by atoms with E-state index in [1.54, 1.807) is 12.1 Å². The highest BCUT2D eigenvalue weighted by molar-refractivity contribution is 7.80. The third kappa shape index (κ3) is 12.6. The van der Waals surface area contributed by atoms with Crippen LogP contribution < -0.4 is 10.1 Å². The molecule has 0 saturated carbocycles. The van der Waals surface area contributed by atoms with Crippen LogP contribution in [-0.2, 0) is 14.6 Å². The topological polar surface area (TPSA) is 116 Å². The Morgan fingerprint density at radius 3 is 2.19 bits per heavy atom. The molecular formula is C22H31N3O5S. The first-order valence-corrected chi connectivity index (χ1v) is 11.7. The zero-order valence-corrected chi connectivity index (χ0v) is 18.9. The summed E-state index contributed by atoms with van der Waals surface area (Å²) in [5.41, 5.74) is 2.27. The number of para-hydroxylation sites is 1. The van der Waals surface area contributed by atoms with E-state index in [4.69, 9.17) is 10.1 Å². The predicted molar refractivity (Wildman–Crippen MR) is 121 cm³/mol. The van der Waals surface area contributed by atoms with Crippen LogP contribution in [0.25, 0.3) is 4.98 Å². The Morgan fingerprint density at radius 1 is 0.968 bits per heavy atom. The fourth-order valence-corrected chi connectivity index (χ4v) is 3.07. The van der Waals surface area contributed by atoms with Gasteiger partial charge < -0.3 is 14.6 Å². The van der Waals surface area contributed by atoms with Gasteiger partial charge in [-0.3, -0.25) is 4.18 Å². The molecule has 0 saturated heterocycles. The van der Waals surface area contributed by atoms with E-state index in [-0.39, 0.29) is 6.61 Å². The molecule has 2 rings (SSSR count). The summed E-state index contributed by atoms with van der Waals surface area (Å²) in [4.78, 5) is 3.14. The van der Waals surface area contributed by atoms with Crippen molar-refractivity contribution >= 4 is 27.5 Å². The molecule has 0 aromatic heterocycles. The van der Waals surface area contributed by atoms with Crippen LogP contribution in [0.4, 0.5) is 17.1 Å². The van der Waals surface area contributed by atoms with Crippen molar-refractivity contribution in [3.05, 3.63) is 53.5 Å². The standard InChI is InChI=1S/C13H12N3O.C9H20O4S/c1-17-13-9-11(7-8-12(13)16-14)15-10-5-3-2-4-6-10;1-2-3-4-5-6-7-8-9-13-14(10,11)12/h2-9,15H,1H3;2-9H2,1H3,(H,10,11,12)/q+1;/p-1. The molecule has 31 heavy (non-hydrogen) atoms. The van der Waals surface area contributed by atoms with Gasteiger partial charge in [-0.2, -0.15) is 0 Å². The lowest BCUT2D eigenvalue weighted by molar-refractivity contribution is 0.255. The van der Waals surface area contributed by atoms with Crippen LogP contribution in [0.5, 0.6) is 5.75 Å². The predicted octanol–water partition coefficient (Wildman–Crippen LogP) is 6.14. The van der Waals surface area contributed by atoms with Gasteiger partial charge in [0.2, 0.25) is 21.5 Å². The van der Waals surface area contributed by atoms with E-state index in [9.17, 15) is 13.0 Å². The number of hydrogen-bond acceptors (Lipinski definition) is 7. The molecule has 0 aliphatic heterocycles. The molecule has 0 spiro atoms. The SMILES string of the molecule is CCCCCCCCCOS(=O)(=O)[O-].COc1cc(Nc2ccccc2)ccc1[N+]#N. The molecule has 0 atom stereocenters. The second-order valence-electron chi connectivity index (χ2n) is 6.83. The van der Waals surface area contributed by atoms with E-state index in [1.165, 1.54) is 32.8 Å². The summed E-state index contributed by atoms with van der Waals surface area (Å²) in [7, 11) is -2.94. The maximum atomic E-state index is 10.0. The van der Waals surface area contributed by atoms with Gasteiger partial charge in [0.25, 0.3) is 0 Å². The van der Waals surface area contributed by atoms with Crippen LogP contribution in [0.3, 0.4) is 0 Å². The number of ether oxygens (including phenoxy) is 1. The van der Waals surface area contributed by atoms with Crippen LogP contribution in [0.1, 0.15) is 51.9 Å². The molecule has 0 radical (unpaired) electrons. The highest BCUT2D eigenvalue weighted by Crippen LogP contribution is 2.31. The van der Waals surface area contributed by atoms with Crippen LogP contribution in [0.2, 0.25) is 0 Å². The van der Waals surface area contributed by atoms with Gasteiger partial charge >= 0.3 is 5.69 Å². The molecule has 0 amide bonds. The number of hydrogen-bond donors (Lipinski definition) is 1. The monoisotopic (exact) mass is 449 g/mol. The molecule has 0 bridgehead atoms. The van der Waals surface area contributed by atoms with Gasteiger partial charge in [-0.05, 0) is 24.6 Å². The van der Waals surface area contributed by atoms with Crippen molar-refractivity contribution in [2.45, 2.75) is 51.9 Å². The Labute approximate surface area is 185 Å². The minimum absolute atomic E-state index is 0.0274. The number of diazo groups is 1. The Kier molecular flexibility index (Phi) is 12.9. The van der Waals surface area contributed by atoms with Gasteiger partial charge in [-0.25, -0.2) is 8.42 Å². The van der Waals surface area contributed by atoms with Crippen molar-refractivity contribution in [2.75, 3.05) is 19.0 Å². The van der Waals surface area contributed by atoms with Crippen LogP contribution in [-0.4, -0.2) is 26.7 Å². The molecule has 2 aromatic rings. The summed E-state index contributed by atoms with van der Waals surface area (Å²) in [6.45, 7) is 2.19. The molecule has 0 heterocycles. The van der Waals surface area contributed by atoms with Gasteiger partial charge in [0.1, 0.15) is 0 Å². The van der Waals surface area contributed by atoms with Crippen LogP contribution in [0, 0.1) is 5.39 Å². The van der Waals surface area contributed by atoms with Crippen molar-refractivity contribution in [3.63, 3.8) is 0 Å². The molecule has 0 aliphatic carbocycles. The minimum atomic E-state index is -4.48. The number of benzene rings is 2. The average Bonchev–Trinajstić information content (AvgIpc) is 2.76. The molecule has 8 nitrogen and oxygen atoms in total.